The zero-order chi connectivity index (χ0) is 11.4. The third kappa shape index (κ3) is 3.14. The van der Waals surface area contributed by atoms with E-state index in [0.29, 0.717) is 11.6 Å². The van der Waals surface area contributed by atoms with E-state index >= 15 is 0 Å². The Morgan fingerprint density at radius 1 is 1.40 bits per heavy atom. The molecule has 1 rings (SSSR count). The second kappa shape index (κ2) is 5.42. The normalized spacial score (nSPS) is 13.2. The van der Waals surface area contributed by atoms with E-state index in [1.807, 2.05) is 6.92 Å². The van der Waals surface area contributed by atoms with Crippen molar-refractivity contribution in [3.8, 4) is 0 Å². The van der Waals surface area contributed by atoms with Crippen LogP contribution in [0.5, 0.6) is 0 Å². The number of alkyl halides is 2. The van der Waals surface area contributed by atoms with Gasteiger partial charge in [-0.05, 0) is 36.6 Å². The number of halogens is 3. The van der Waals surface area contributed by atoms with Gasteiger partial charge in [0.2, 0.25) is 0 Å². The van der Waals surface area contributed by atoms with Crippen molar-refractivity contribution in [3.05, 3.63) is 34.3 Å². The molecule has 0 amide bonds. The van der Waals surface area contributed by atoms with Crippen LogP contribution in [0.3, 0.4) is 0 Å². The van der Waals surface area contributed by atoms with E-state index in [-0.39, 0.29) is 11.5 Å². The summed E-state index contributed by atoms with van der Waals surface area (Å²) in [4.78, 5) is 0. The molecular weight excluding hydrogens is 220 g/mol. The number of hydrogen-bond donors (Lipinski definition) is 1. The molecule has 84 valence electrons. The van der Waals surface area contributed by atoms with Gasteiger partial charge in [0.15, 0.2) is 0 Å². The molecule has 0 bridgehead atoms. The fraction of sp³-hybridized carbons (Fsp3) is 0.455. The fourth-order valence-electron chi connectivity index (χ4n) is 1.48. The van der Waals surface area contributed by atoms with Crippen LogP contribution in [0.2, 0.25) is 5.02 Å². The molecule has 0 spiro atoms. The quantitative estimate of drug-likeness (QED) is 0.843. The van der Waals surface area contributed by atoms with Gasteiger partial charge in [-0.1, -0.05) is 24.6 Å². The average Bonchev–Trinajstić information content (AvgIpc) is 2.18. The van der Waals surface area contributed by atoms with Crippen molar-refractivity contribution in [1.29, 1.82) is 0 Å². The summed E-state index contributed by atoms with van der Waals surface area (Å²) in [6.45, 7) is 2.46. The van der Waals surface area contributed by atoms with Gasteiger partial charge in [0.25, 0.3) is 6.43 Å². The van der Waals surface area contributed by atoms with Crippen molar-refractivity contribution in [2.45, 2.75) is 25.7 Å². The molecule has 0 aliphatic rings. The zero-order valence-electron chi connectivity index (χ0n) is 8.51. The van der Waals surface area contributed by atoms with Gasteiger partial charge in [-0.15, -0.1) is 0 Å². The summed E-state index contributed by atoms with van der Waals surface area (Å²) in [5.74, 6) is 0.112. The molecule has 0 radical (unpaired) electrons. The van der Waals surface area contributed by atoms with Crippen LogP contribution in [0, 0.1) is 0 Å². The first-order valence-corrected chi connectivity index (χ1v) is 5.21. The highest BCUT2D eigenvalue weighted by molar-refractivity contribution is 6.31. The van der Waals surface area contributed by atoms with Crippen LogP contribution >= 0.6 is 11.6 Å². The molecule has 0 saturated heterocycles. The molecule has 0 fully saturated rings. The van der Waals surface area contributed by atoms with E-state index in [1.54, 1.807) is 0 Å². The molecule has 0 heterocycles. The van der Waals surface area contributed by atoms with Crippen molar-refractivity contribution < 1.29 is 8.78 Å². The molecule has 1 nitrogen and oxygen atoms in total. The van der Waals surface area contributed by atoms with Gasteiger partial charge < -0.3 is 5.73 Å². The van der Waals surface area contributed by atoms with Crippen molar-refractivity contribution >= 4 is 11.6 Å². The maximum absolute atomic E-state index is 12.5. The number of benzene rings is 1. The summed E-state index contributed by atoms with van der Waals surface area (Å²) in [5, 5.41) is 0.528. The first-order chi connectivity index (χ1) is 7.06. The molecule has 15 heavy (non-hydrogen) atoms. The van der Waals surface area contributed by atoms with Crippen LogP contribution in [0.15, 0.2) is 18.2 Å². The Bertz CT molecular complexity index is 328. The summed E-state index contributed by atoms with van der Waals surface area (Å²) >= 11 is 5.95. The third-order valence-corrected chi connectivity index (χ3v) is 2.75. The summed E-state index contributed by atoms with van der Waals surface area (Å²) < 4.78 is 24.9. The van der Waals surface area contributed by atoms with Crippen molar-refractivity contribution in [2.75, 3.05) is 6.54 Å². The van der Waals surface area contributed by atoms with E-state index in [9.17, 15) is 8.78 Å². The number of hydrogen-bond acceptors (Lipinski definition) is 1. The Kier molecular flexibility index (Phi) is 4.48. The van der Waals surface area contributed by atoms with E-state index in [1.165, 1.54) is 18.2 Å². The maximum Gasteiger partial charge on any atom is 0.263 e. The minimum absolute atomic E-state index is 0.0123. The molecule has 1 unspecified atom stereocenters. The van der Waals surface area contributed by atoms with Crippen LogP contribution in [0.4, 0.5) is 8.78 Å². The van der Waals surface area contributed by atoms with Gasteiger partial charge in [-0.25, -0.2) is 8.78 Å². The molecule has 0 aromatic heterocycles. The molecule has 1 aromatic carbocycles. The predicted molar refractivity (Wildman–Crippen MR) is 58.5 cm³/mol. The first-order valence-electron chi connectivity index (χ1n) is 4.83. The monoisotopic (exact) mass is 233 g/mol. The molecular formula is C11H14ClF2N. The molecule has 0 saturated carbocycles. The topological polar surface area (TPSA) is 26.0 Å². The van der Waals surface area contributed by atoms with E-state index < -0.39 is 6.43 Å². The standard InChI is InChI=1S/C11H14ClF2N/c1-7(4-5-15)9-6-8(11(13)14)2-3-10(9)12/h2-3,6-7,11H,4-5,15H2,1H3. The van der Waals surface area contributed by atoms with E-state index in [2.05, 4.69) is 0 Å². The van der Waals surface area contributed by atoms with Crippen molar-refractivity contribution in [1.82, 2.24) is 0 Å². The van der Waals surface area contributed by atoms with Gasteiger partial charge in [-0.2, -0.15) is 0 Å². The largest absolute Gasteiger partial charge is 0.330 e. The predicted octanol–water partition coefficient (Wildman–Crippen LogP) is 3.73. The second-order valence-corrected chi connectivity index (χ2v) is 3.97. The molecule has 1 atom stereocenters. The van der Waals surface area contributed by atoms with Crippen LogP contribution in [0.1, 0.15) is 36.8 Å². The minimum atomic E-state index is -2.45. The summed E-state index contributed by atoms with van der Waals surface area (Å²) in [7, 11) is 0. The minimum Gasteiger partial charge on any atom is -0.330 e. The Hall–Kier alpha value is -0.670. The third-order valence-electron chi connectivity index (χ3n) is 2.40. The highest BCUT2D eigenvalue weighted by Crippen LogP contribution is 2.30. The fourth-order valence-corrected chi connectivity index (χ4v) is 1.78. The highest BCUT2D eigenvalue weighted by atomic mass is 35.5. The Balaban J connectivity index is 2.99. The lowest BCUT2D eigenvalue weighted by atomic mass is 9.96. The van der Waals surface area contributed by atoms with Crippen LogP contribution < -0.4 is 5.73 Å². The van der Waals surface area contributed by atoms with Gasteiger partial charge in [-0.3, -0.25) is 0 Å². The smallest absolute Gasteiger partial charge is 0.263 e. The van der Waals surface area contributed by atoms with Gasteiger partial charge in [0, 0.05) is 10.6 Å². The van der Waals surface area contributed by atoms with Gasteiger partial charge in [0.05, 0.1) is 0 Å². The maximum atomic E-state index is 12.5. The zero-order valence-corrected chi connectivity index (χ0v) is 9.27. The van der Waals surface area contributed by atoms with E-state index in [4.69, 9.17) is 17.3 Å². The summed E-state index contributed by atoms with van der Waals surface area (Å²) in [5.41, 5.74) is 6.19. The lowest BCUT2D eigenvalue weighted by Crippen LogP contribution is -2.05. The second-order valence-electron chi connectivity index (χ2n) is 3.56. The van der Waals surface area contributed by atoms with Crippen LogP contribution in [0.25, 0.3) is 0 Å². The number of nitrogens with two attached hydrogens (primary N) is 1. The molecule has 0 aliphatic carbocycles. The van der Waals surface area contributed by atoms with Crippen LogP contribution in [-0.2, 0) is 0 Å². The molecule has 4 heteroatoms. The Morgan fingerprint density at radius 3 is 2.60 bits per heavy atom. The Labute approximate surface area is 93.2 Å². The summed E-state index contributed by atoms with van der Waals surface area (Å²) in [6.07, 6.45) is -1.71. The van der Waals surface area contributed by atoms with Crippen molar-refractivity contribution in [2.24, 2.45) is 5.73 Å². The molecule has 1 aromatic rings. The molecule has 0 aliphatic heterocycles. The molecule has 2 N–H and O–H groups in total. The Morgan fingerprint density at radius 2 is 2.07 bits per heavy atom. The van der Waals surface area contributed by atoms with Gasteiger partial charge >= 0.3 is 0 Å². The van der Waals surface area contributed by atoms with Crippen molar-refractivity contribution in [3.63, 3.8) is 0 Å². The SMILES string of the molecule is CC(CCN)c1cc(C(F)F)ccc1Cl. The first kappa shape index (κ1) is 12.4. The van der Waals surface area contributed by atoms with Gasteiger partial charge in [0.1, 0.15) is 0 Å². The lowest BCUT2D eigenvalue weighted by Gasteiger charge is -2.13. The lowest BCUT2D eigenvalue weighted by molar-refractivity contribution is 0.151. The van der Waals surface area contributed by atoms with E-state index in [0.717, 1.165) is 12.0 Å². The summed E-state index contributed by atoms with van der Waals surface area (Å²) in [6, 6.07) is 4.34. The van der Waals surface area contributed by atoms with Crippen LogP contribution in [-0.4, -0.2) is 6.54 Å². The number of rotatable bonds is 4. The highest BCUT2D eigenvalue weighted by Gasteiger charge is 2.13. The average molecular weight is 234 g/mol.